The van der Waals surface area contributed by atoms with Gasteiger partial charge in [-0.05, 0) is 28.5 Å². The van der Waals surface area contributed by atoms with Crippen LogP contribution in [0.15, 0.2) is 46.9 Å². The minimum atomic E-state index is 0.435. The number of aromatic amines is 1. The van der Waals surface area contributed by atoms with Gasteiger partial charge in [0.25, 0.3) is 5.95 Å². The average molecular weight is 390 g/mol. The van der Waals surface area contributed by atoms with Gasteiger partial charge in [-0.2, -0.15) is 5.21 Å². The zero-order valence-corrected chi connectivity index (χ0v) is 14.6. The van der Waals surface area contributed by atoms with Gasteiger partial charge in [-0.25, -0.2) is 0 Å². The lowest BCUT2D eigenvalue weighted by molar-refractivity contribution is 0.284. The van der Waals surface area contributed by atoms with Gasteiger partial charge in [-0.3, -0.25) is 0 Å². The average Bonchev–Trinajstić information content (AvgIpc) is 3.13. The Bertz CT molecular complexity index is 781. The Labute approximate surface area is 147 Å². The number of rotatable bonds is 7. The molecule has 0 atom stereocenters. The summed E-state index contributed by atoms with van der Waals surface area (Å²) in [5.74, 6) is 1.78. The van der Waals surface area contributed by atoms with Crippen molar-refractivity contribution in [2.24, 2.45) is 0 Å². The minimum Gasteiger partial charge on any atom is -0.493 e. The van der Waals surface area contributed by atoms with E-state index in [-0.39, 0.29) is 0 Å². The van der Waals surface area contributed by atoms with Gasteiger partial charge in [0.1, 0.15) is 6.61 Å². The maximum absolute atomic E-state index is 5.89. The van der Waals surface area contributed by atoms with E-state index >= 15 is 0 Å². The lowest BCUT2D eigenvalue weighted by Crippen LogP contribution is -2.04. The van der Waals surface area contributed by atoms with Crippen LogP contribution in [0.25, 0.3) is 0 Å². The lowest BCUT2D eigenvalue weighted by atomic mass is 10.2. The number of nitrogens with zero attached hydrogens (tertiary/aromatic N) is 3. The maximum atomic E-state index is 5.89. The molecule has 8 heteroatoms. The summed E-state index contributed by atoms with van der Waals surface area (Å²) in [5, 5.41) is 16.7. The number of halogens is 1. The Morgan fingerprint density at radius 2 is 2.00 bits per heavy atom. The molecule has 1 aromatic heterocycles. The fourth-order valence-electron chi connectivity index (χ4n) is 2.13. The van der Waals surface area contributed by atoms with Gasteiger partial charge in [0.15, 0.2) is 11.5 Å². The van der Waals surface area contributed by atoms with Crippen LogP contribution in [0.3, 0.4) is 0 Å². The first-order chi connectivity index (χ1) is 11.8. The SMILES string of the molecule is COc1cc(CNc2nn[nH]n2)c(Br)cc1OCc1ccccc1. The predicted octanol–water partition coefficient (Wildman–Crippen LogP) is 3.16. The molecule has 2 N–H and O–H groups in total. The summed E-state index contributed by atoms with van der Waals surface area (Å²) in [4.78, 5) is 0. The van der Waals surface area contributed by atoms with Crippen molar-refractivity contribution in [3.05, 3.63) is 58.1 Å². The van der Waals surface area contributed by atoms with Crippen molar-refractivity contribution >= 4 is 21.9 Å². The summed E-state index contributed by atoms with van der Waals surface area (Å²) in [6.07, 6.45) is 0. The largest absolute Gasteiger partial charge is 0.493 e. The van der Waals surface area contributed by atoms with Gasteiger partial charge in [0.05, 0.1) is 7.11 Å². The highest BCUT2D eigenvalue weighted by Crippen LogP contribution is 2.34. The minimum absolute atomic E-state index is 0.435. The van der Waals surface area contributed by atoms with Crippen LogP contribution in [0.4, 0.5) is 5.95 Å². The lowest BCUT2D eigenvalue weighted by Gasteiger charge is -2.14. The van der Waals surface area contributed by atoms with Crippen molar-refractivity contribution in [1.29, 1.82) is 0 Å². The summed E-state index contributed by atoms with van der Waals surface area (Å²) >= 11 is 3.56. The molecule has 0 saturated carbocycles. The summed E-state index contributed by atoms with van der Waals surface area (Å²) in [6, 6.07) is 13.8. The van der Waals surface area contributed by atoms with Crippen LogP contribution >= 0.6 is 15.9 Å². The molecule has 0 spiro atoms. The van der Waals surface area contributed by atoms with E-state index in [4.69, 9.17) is 9.47 Å². The number of nitrogens with one attached hydrogen (secondary N) is 2. The van der Waals surface area contributed by atoms with Gasteiger partial charge < -0.3 is 14.8 Å². The topological polar surface area (TPSA) is 85.0 Å². The summed E-state index contributed by atoms with van der Waals surface area (Å²) in [5.41, 5.74) is 2.09. The molecule has 3 aromatic rings. The van der Waals surface area contributed by atoms with E-state index in [1.54, 1.807) is 7.11 Å². The number of aromatic nitrogens is 4. The third-order valence-electron chi connectivity index (χ3n) is 3.35. The number of H-pyrrole nitrogens is 1. The smallest absolute Gasteiger partial charge is 0.263 e. The molecule has 3 rings (SSSR count). The van der Waals surface area contributed by atoms with Gasteiger partial charge in [0, 0.05) is 11.0 Å². The zero-order valence-electron chi connectivity index (χ0n) is 13.0. The molecule has 0 unspecified atom stereocenters. The van der Waals surface area contributed by atoms with Crippen LogP contribution in [0.2, 0.25) is 0 Å². The standard InChI is InChI=1S/C16H16BrN5O2/c1-23-14-7-12(9-18-16-19-21-22-20-16)13(17)8-15(14)24-10-11-5-3-2-4-6-11/h2-8H,9-10H2,1H3,(H2,18,19,20,21,22). The molecule has 0 aliphatic heterocycles. The van der Waals surface area contributed by atoms with Crippen LogP contribution in [0, 0.1) is 0 Å². The van der Waals surface area contributed by atoms with Gasteiger partial charge in [0.2, 0.25) is 0 Å². The first kappa shape index (κ1) is 16.3. The van der Waals surface area contributed by atoms with E-state index in [9.17, 15) is 0 Å². The van der Waals surface area contributed by atoms with E-state index in [0.29, 0.717) is 30.6 Å². The molecular weight excluding hydrogens is 374 g/mol. The van der Waals surface area contributed by atoms with Crippen LogP contribution in [0.1, 0.15) is 11.1 Å². The van der Waals surface area contributed by atoms with Crippen LogP contribution < -0.4 is 14.8 Å². The van der Waals surface area contributed by atoms with Crippen molar-refractivity contribution in [1.82, 2.24) is 20.6 Å². The third kappa shape index (κ3) is 4.02. The molecule has 7 nitrogen and oxygen atoms in total. The number of hydrogen-bond donors (Lipinski definition) is 2. The van der Waals surface area contributed by atoms with E-state index in [1.165, 1.54) is 0 Å². The number of hydrogen-bond acceptors (Lipinski definition) is 6. The van der Waals surface area contributed by atoms with Crippen molar-refractivity contribution in [3.63, 3.8) is 0 Å². The second-order valence-corrected chi connectivity index (χ2v) is 5.81. The van der Waals surface area contributed by atoms with Crippen LogP contribution in [-0.4, -0.2) is 27.7 Å². The first-order valence-electron chi connectivity index (χ1n) is 7.26. The van der Waals surface area contributed by atoms with Crippen LogP contribution in [0.5, 0.6) is 11.5 Å². The quantitative estimate of drug-likeness (QED) is 0.645. The van der Waals surface area contributed by atoms with E-state index in [2.05, 4.69) is 41.9 Å². The highest BCUT2D eigenvalue weighted by atomic mass is 79.9. The molecule has 0 aliphatic rings. The zero-order chi connectivity index (χ0) is 16.8. The normalized spacial score (nSPS) is 10.4. The number of anilines is 1. The van der Waals surface area contributed by atoms with Gasteiger partial charge >= 0.3 is 0 Å². The Morgan fingerprint density at radius 3 is 2.71 bits per heavy atom. The molecule has 0 fully saturated rings. The summed E-state index contributed by atoms with van der Waals surface area (Å²) in [6.45, 7) is 1.000. The molecule has 0 saturated heterocycles. The molecule has 0 bridgehead atoms. The van der Waals surface area contributed by atoms with Crippen LogP contribution in [-0.2, 0) is 13.2 Å². The number of benzene rings is 2. The van der Waals surface area contributed by atoms with Gasteiger partial charge in [-0.1, -0.05) is 51.4 Å². The third-order valence-corrected chi connectivity index (χ3v) is 4.09. The molecule has 0 amide bonds. The first-order valence-corrected chi connectivity index (χ1v) is 8.06. The molecule has 124 valence electrons. The van der Waals surface area contributed by atoms with Gasteiger partial charge in [-0.15, -0.1) is 5.10 Å². The second kappa shape index (κ2) is 7.78. The monoisotopic (exact) mass is 389 g/mol. The maximum Gasteiger partial charge on any atom is 0.263 e. The molecular formula is C16H16BrN5O2. The molecule has 0 radical (unpaired) electrons. The van der Waals surface area contributed by atoms with Crippen molar-refractivity contribution in [2.75, 3.05) is 12.4 Å². The summed E-state index contributed by atoms with van der Waals surface area (Å²) < 4.78 is 12.2. The molecule has 2 aromatic carbocycles. The summed E-state index contributed by atoms with van der Waals surface area (Å²) in [7, 11) is 1.62. The van der Waals surface area contributed by atoms with E-state index in [1.807, 2.05) is 42.5 Å². The van der Waals surface area contributed by atoms with Crippen molar-refractivity contribution in [3.8, 4) is 11.5 Å². The molecule has 24 heavy (non-hydrogen) atoms. The highest BCUT2D eigenvalue weighted by molar-refractivity contribution is 9.10. The fraction of sp³-hybridized carbons (Fsp3) is 0.188. The fourth-order valence-corrected chi connectivity index (χ4v) is 2.59. The van der Waals surface area contributed by atoms with E-state index < -0.39 is 0 Å². The van der Waals surface area contributed by atoms with E-state index in [0.717, 1.165) is 15.6 Å². The van der Waals surface area contributed by atoms with Crippen molar-refractivity contribution < 1.29 is 9.47 Å². The number of ether oxygens (including phenoxy) is 2. The second-order valence-electron chi connectivity index (χ2n) is 4.96. The Hall–Kier alpha value is -2.61. The Kier molecular flexibility index (Phi) is 5.27. The predicted molar refractivity (Wildman–Crippen MR) is 93.0 cm³/mol. The molecule has 1 heterocycles. The highest BCUT2D eigenvalue weighted by Gasteiger charge is 2.11. The number of tetrazole rings is 1. The Balaban J connectivity index is 1.72. The Morgan fingerprint density at radius 1 is 1.17 bits per heavy atom. The molecule has 0 aliphatic carbocycles. The number of methoxy groups -OCH3 is 1. The van der Waals surface area contributed by atoms with Crippen molar-refractivity contribution in [2.45, 2.75) is 13.2 Å².